The van der Waals surface area contributed by atoms with E-state index in [1.54, 1.807) is 36.7 Å². The summed E-state index contributed by atoms with van der Waals surface area (Å²) >= 11 is 0. The number of aromatic nitrogens is 2. The van der Waals surface area contributed by atoms with Crippen molar-refractivity contribution in [2.45, 2.75) is 0 Å². The van der Waals surface area contributed by atoms with Crippen LogP contribution in [-0.2, 0) is 0 Å². The summed E-state index contributed by atoms with van der Waals surface area (Å²) < 4.78 is 0. The molecule has 70 valence electrons. The number of aldehydes is 1. The molecule has 0 amide bonds. The standard InChI is InChI=1S/C5H4N2.C5H5NO/c6-4-5-2-1-3-7-5;7-4-5-2-1-3-6-5/h1-3,7H;1-4,6H. The number of rotatable bonds is 1. The van der Waals surface area contributed by atoms with Crippen LogP contribution in [0.4, 0.5) is 0 Å². The van der Waals surface area contributed by atoms with Gasteiger partial charge in [0.05, 0.1) is 5.69 Å². The molecule has 4 heteroatoms. The van der Waals surface area contributed by atoms with Gasteiger partial charge in [-0.25, -0.2) is 0 Å². The molecule has 0 fully saturated rings. The Morgan fingerprint density at radius 1 is 1.21 bits per heavy atom. The summed E-state index contributed by atoms with van der Waals surface area (Å²) in [5, 5.41) is 8.15. The zero-order valence-corrected chi connectivity index (χ0v) is 7.40. The highest BCUT2D eigenvalue weighted by Gasteiger charge is 1.81. The molecule has 0 aliphatic heterocycles. The molecular formula is C10H9N3O. The van der Waals surface area contributed by atoms with Gasteiger partial charge in [0.1, 0.15) is 11.8 Å². The molecule has 0 atom stereocenters. The number of carbonyl (C=O) groups is 1. The molecule has 0 radical (unpaired) electrons. The van der Waals surface area contributed by atoms with Crippen molar-refractivity contribution in [1.82, 2.24) is 9.97 Å². The van der Waals surface area contributed by atoms with Crippen LogP contribution in [-0.4, -0.2) is 16.3 Å². The first-order valence-corrected chi connectivity index (χ1v) is 3.99. The number of hydrogen-bond acceptors (Lipinski definition) is 2. The van der Waals surface area contributed by atoms with E-state index in [0.717, 1.165) is 6.29 Å². The average Bonchev–Trinajstić information content (AvgIpc) is 2.92. The van der Waals surface area contributed by atoms with Crippen molar-refractivity contribution >= 4 is 6.29 Å². The summed E-state index contributed by atoms with van der Waals surface area (Å²) in [4.78, 5) is 15.3. The van der Waals surface area contributed by atoms with E-state index in [0.29, 0.717) is 11.4 Å². The molecule has 0 aliphatic rings. The van der Waals surface area contributed by atoms with E-state index < -0.39 is 0 Å². The molecule has 4 nitrogen and oxygen atoms in total. The Balaban J connectivity index is 0.000000140. The van der Waals surface area contributed by atoms with Gasteiger partial charge >= 0.3 is 0 Å². The third kappa shape index (κ3) is 2.99. The lowest BCUT2D eigenvalue weighted by molar-refractivity contribution is 0.111. The minimum atomic E-state index is 0.611. The second-order valence-electron chi connectivity index (χ2n) is 2.44. The first-order chi connectivity index (χ1) is 6.86. The Bertz CT molecular complexity index is 395. The van der Waals surface area contributed by atoms with Crippen LogP contribution in [0, 0.1) is 11.3 Å². The lowest BCUT2D eigenvalue weighted by Crippen LogP contribution is -1.72. The van der Waals surface area contributed by atoms with Crippen LogP contribution in [0.2, 0.25) is 0 Å². The van der Waals surface area contributed by atoms with Gasteiger partial charge in [0.15, 0.2) is 6.29 Å². The maximum Gasteiger partial charge on any atom is 0.166 e. The first-order valence-electron chi connectivity index (χ1n) is 3.99. The lowest BCUT2D eigenvalue weighted by atomic mass is 10.5. The molecule has 2 rings (SSSR count). The van der Waals surface area contributed by atoms with E-state index in [-0.39, 0.29) is 0 Å². The van der Waals surface area contributed by atoms with Crippen LogP contribution in [0.3, 0.4) is 0 Å². The normalized spacial score (nSPS) is 8.21. The molecular weight excluding hydrogens is 178 g/mol. The second-order valence-corrected chi connectivity index (χ2v) is 2.44. The van der Waals surface area contributed by atoms with Crippen molar-refractivity contribution in [3.8, 4) is 6.07 Å². The van der Waals surface area contributed by atoms with Gasteiger partial charge in [-0.05, 0) is 24.3 Å². The van der Waals surface area contributed by atoms with Crippen LogP contribution in [0.5, 0.6) is 0 Å². The number of nitrogens with zero attached hydrogens (tertiary/aromatic N) is 1. The van der Waals surface area contributed by atoms with Gasteiger partial charge in [0.2, 0.25) is 0 Å². The van der Waals surface area contributed by atoms with E-state index in [1.807, 2.05) is 6.07 Å². The van der Waals surface area contributed by atoms with Crippen molar-refractivity contribution in [3.63, 3.8) is 0 Å². The highest BCUT2D eigenvalue weighted by Crippen LogP contribution is 1.87. The number of H-pyrrole nitrogens is 2. The Hall–Kier alpha value is -2.28. The summed E-state index contributed by atoms with van der Waals surface area (Å²) in [6, 6.07) is 8.96. The van der Waals surface area contributed by atoms with Crippen LogP contribution in [0.25, 0.3) is 0 Å². The molecule has 2 aromatic heterocycles. The fraction of sp³-hybridized carbons (Fsp3) is 0. The average molecular weight is 187 g/mol. The van der Waals surface area contributed by atoms with Gasteiger partial charge < -0.3 is 9.97 Å². The third-order valence-corrected chi connectivity index (χ3v) is 1.47. The number of nitriles is 1. The van der Waals surface area contributed by atoms with E-state index in [9.17, 15) is 4.79 Å². The summed E-state index contributed by atoms with van der Waals surface area (Å²) in [6.07, 6.45) is 4.21. The van der Waals surface area contributed by atoms with Crippen LogP contribution >= 0.6 is 0 Å². The molecule has 0 spiro atoms. The summed E-state index contributed by atoms with van der Waals surface area (Å²) in [7, 11) is 0. The monoisotopic (exact) mass is 187 g/mol. The van der Waals surface area contributed by atoms with Gasteiger partial charge in [0.25, 0.3) is 0 Å². The van der Waals surface area contributed by atoms with Crippen LogP contribution in [0.15, 0.2) is 36.7 Å². The van der Waals surface area contributed by atoms with Crippen LogP contribution in [0.1, 0.15) is 16.2 Å². The number of aromatic amines is 2. The molecule has 0 bridgehead atoms. The molecule has 0 saturated heterocycles. The van der Waals surface area contributed by atoms with Gasteiger partial charge in [-0.1, -0.05) is 0 Å². The number of nitrogens with one attached hydrogen (secondary N) is 2. The molecule has 2 N–H and O–H groups in total. The number of carbonyl (C=O) groups excluding carboxylic acids is 1. The maximum absolute atomic E-state index is 9.84. The third-order valence-electron chi connectivity index (χ3n) is 1.47. The van der Waals surface area contributed by atoms with Gasteiger partial charge in [0, 0.05) is 12.4 Å². The molecule has 0 unspecified atom stereocenters. The van der Waals surface area contributed by atoms with Crippen LogP contribution < -0.4 is 0 Å². The van der Waals surface area contributed by atoms with E-state index in [4.69, 9.17) is 5.26 Å². The molecule has 0 aliphatic carbocycles. The lowest BCUT2D eigenvalue weighted by Gasteiger charge is -1.70. The van der Waals surface area contributed by atoms with Crippen molar-refractivity contribution in [1.29, 1.82) is 5.26 Å². The minimum absolute atomic E-state index is 0.611. The van der Waals surface area contributed by atoms with Crippen molar-refractivity contribution in [2.24, 2.45) is 0 Å². The maximum atomic E-state index is 9.84. The predicted octanol–water partition coefficient (Wildman–Crippen LogP) is 1.71. The largest absolute Gasteiger partial charge is 0.359 e. The molecule has 0 saturated carbocycles. The highest BCUT2D eigenvalue weighted by molar-refractivity contribution is 5.71. The Morgan fingerprint density at radius 3 is 2.21 bits per heavy atom. The Labute approximate surface area is 81.2 Å². The van der Waals surface area contributed by atoms with E-state index in [2.05, 4.69) is 9.97 Å². The second kappa shape index (κ2) is 5.38. The van der Waals surface area contributed by atoms with E-state index >= 15 is 0 Å². The molecule has 2 aromatic rings. The fourth-order valence-electron chi connectivity index (χ4n) is 0.817. The topological polar surface area (TPSA) is 72.4 Å². The summed E-state index contributed by atoms with van der Waals surface area (Å²) in [6.45, 7) is 0. The summed E-state index contributed by atoms with van der Waals surface area (Å²) in [5.74, 6) is 0. The van der Waals surface area contributed by atoms with Gasteiger partial charge in [-0.15, -0.1) is 0 Å². The predicted molar refractivity (Wildman–Crippen MR) is 51.7 cm³/mol. The molecule has 14 heavy (non-hydrogen) atoms. The summed E-state index contributed by atoms with van der Waals surface area (Å²) in [5.41, 5.74) is 1.24. The zero-order chi connectivity index (χ0) is 10.2. The highest BCUT2D eigenvalue weighted by atomic mass is 16.1. The van der Waals surface area contributed by atoms with Gasteiger partial charge in [-0.2, -0.15) is 5.26 Å². The minimum Gasteiger partial charge on any atom is -0.359 e. The Morgan fingerprint density at radius 2 is 1.93 bits per heavy atom. The quantitative estimate of drug-likeness (QED) is 0.667. The Kier molecular flexibility index (Phi) is 3.77. The fourth-order valence-corrected chi connectivity index (χ4v) is 0.817. The van der Waals surface area contributed by atoms with Gasteiger partial charge in [-0.3, -0.25) is 4.79 Å². The van der Waals surface area contributed by atoms with Crippen molar-refractivity contribution in [2.75, 3.05) is 0 Å². The first kappa shape index (κ1) is 9.81. The van der Waals surface area contributed by atoms with Crippen molar-refractivity contribution in [3.05, 3.63) is 48.0 Å². The molecule has 0 aromatic carbocycles. The zero-order valence-electron chi connectivity index (χ0n) is 7.40. The molecule has 2 heterocycles. The number of hydrogen-bond donors (Lipinski definition) is 2. The smallest absolute Gasteiger partial charge is 0.166 e. The van der Waals surface area contributed by atoms with Crippen molar-refractivity contribution < 1.29 is 4.79 Å². The SMILES string of the molecule is N#Cc1ccc[nH]1.O=Cc1ccc[nH]1. The van der Waals surface area contributed by atoms with E-state index in [1.165, 1.54) is 0 Å².